The molecule has 0 saturated carbocycles. The van der Waals surface area contributed by atoms with Gasteiger partial charge in [0, 0.05) is 5.56 Å². The molecule has 0 bridgehead atoms. The minimum Gasteiger partial charge on any atom is -0.505 e. The van der Waals surface area contributed by atoms with Crippen LogP contribution in [-0.4, -0.2) is 27.3 Å². The molecule has 0 saturated heterocycles. The van der Waals surface area contributed by atoms with Gasteiger partial charge in [0.25, 0.3) is 0 Å². The molecule has 0 amide bonds. The van der Waals surface area contributed by atoms with Gasteiger partial charge in [0.15, 0.2) is 17.1 Å². The van der Waals surface area contributed by atoms with Gasteiger partial charge in [-0.2, -0.15) is 0 Å². The number of hydrogen-bond acceptors (Lipinski definition) is 6. The smallest absolute Gasteiger partial charge is 0.340 e. The van der Waals surface area contributed by atoms with Crippen molar-refractivity contribution >= 4 is 75.7 Å². The second-order valence-corrected chi connectivity index (χ2v) is 10.3. The van der Waals surface area contributed by atoms with Crippen LogP contribution in [-0.2, 0) is 10.3 Å². The summed E-state index contributed by atoms with van der Waals surface area (Å²) < 4.78 is 13.1. The molecular formula is C21H8Br4O7. The third kappa shape index (κ3) is 2.74. The Morgan fingerprint density at radius 3 is 1.88 bits per heavy atom. The molecule has 7 nitrogen and oxygen atoms in total. The number of rotatable bonds is 1. The fraction of sp³-hybridized carbons (Fsp3) is 0.0476. The molecule has 2 aliphatic heterocycles. The zero-order valence-corrected chi connectivity index (χ0v) is 21.7. The monoisotopic (exact) mass is 688 g/mol. The van der Waals surface area contributed by atoms with Gasteiger partial charge in [0.2, 0.25) is 0 Å². The van der Waals surface area contributed by atoms with Crippen LogP contribution in [0.15, 0.2) is 48.2 Å². The molecule has 0 aliphatic carbocycles. The normalized spacial score (nSPS) is 14.9. The van der Waals surface area contributed by atoms with E-state index in [-0.39, 0.29) is 43.1 Å². The highest BCUT2D eigenvalue weighted by molar-refractivity contribution is 9.11. The second-order valence-electron chi connectivity index (χ2n) is 7.03. The Balaban J connectivity index is 1.95. The van der Waals surface area contributed by atoms with Crippen molar-refractivity contribution in [3.63, 3.8) is 0 Å². The average molecular weight is 692 g/mol. The number of halogens is 4. The van der Waals surface area contributed by atoms with Crippen molar-refractivity contribution in [1.29, 1.82) is 0 Å². The van der Waals surface area contributed by atoms with Gasteiger partial charge in [-0.3, -0.25) is 0 Å². The highest BCUT2D eigenvalue weighted by Crippen LogP contribution is 2.62. The molecule has 3 aromatic carbocycles. The fourth-order valence-corrected chi connectivity index (χ4v) is 6.36. The van der Waals surface area contributed by atoms with Crippen LogP contribution in [0.1, 0.15) is 37.4 Å². The molecule has 11 heteroatoms. The lowest BCUT2D eigenvalue weighted by molar-refractivity contribution is 0.0222. The number of ether oxygens (including phenoxy) is 2. The molecule has 0 fully saturated rings. The van der Waals surface area contributed by atoms with Gasteiger partial charge in [0.1, 0.15) is 20.4 Å². The summed E-state index contributed by atoms with van der Waals surface area (Å²) in [6, 6.07) is 7.31. The number of hydrogen-bond donors (Lipinski definition) is 3. The van der Waals surface area contributed by atoms with E-state index in [9.17, 15) is 24.9 Å². The van der Waals surface area contributed by atoms with Crippen LogP contribution in [0.3, 0.4) is 0 Å². The molecule has 0 unspecified atom stereocenters. The highest BCUT2D eigenvalue weighted by Gasteiger charge is 2.55. The Labute approximate surface area is 213 Å². The van der Waals surface area contributed by atoms with Crippen LogP contribution < -0.4 is 4.74 Å². The van der Waals surface area contributed by atoms with Crippen molar-refractivity contribution in [3.8, 4) is 23.0 Å². The Bertz CT molecular complexity index is 1340. The molecular weight excluding hydrogens is 684 g/mol. The largest absolute Gasteiger partial charge is 0.505 e. The Morgan fingerprint density at radius 2 is 1.38 bits per heavy atom. The summed E-state index contributed by atoms with van der Waals surface area (Å²) in [5, 5.41) is 30.3. The fourth-order valence-electron chi connectivity index (χ4n) is 3.95. The molecule has 162 valence electrons. The van der Waals surface area contributed by atoms with Crippen LogP contribution >= 0.6 is 63.7 Å². The molecule has 3 aromatic rings. The van der Waals surface area contributed by atoms with E-state index in [0.29, 0.717) is 25.6 Å². The van der Waals surface area contributed by atoms with Gasteiger partial charge in [-0.05, 0) is 88.0 Å². The van der Waals surface area contributed by atoms with E-state index in [1.54, 1.807) is 12.1 Å². The van der Waals surface area contributed by atoms with E-state index in [0.717, 1.165) is 0 Å². The lowest BCUT2D eigenvalue weighted by Crippen LogP contribution is -2.33. The van der Waals surface area contributed by atoms with E-state index >= 15 is 0 Å². The maximum atomic E-state index is 13.0. The minimum absolute atomic E-state index is 0.0635. The Morgan fingerprint density at radius 1 is 0.844 bits per heavy atom. The minimum atomic E-state index is -1.54. The number of phenols is 2. The summed E-state index contributed by atoms with van der Waals surface area (Å²) in [4.78, 5) is 24.5. The predicted octanol–water partition coefficient (Wildman–Crippen LogP) is 6.41. The van der Waals surface area contributed by atoms with Crippen LogP contribution in [0.5, 0.6) is 23.0 Å². The van der Waals surface area contributed by atoms with Gasteiger partial charge in [-0.15, -0.1) is 0 Å². The third-order valence-corrected chi connectivity index (χ3v) is 8.05. The summed E-state index contributed by atoms with van der Waals surface area (Å²) in [7, 11) is 0. The van der Waals surface area contributed by atoms with Crippen molar-refractivity contribution in [2.45, 2.75) is 5.60 Å². The van der Waals surface area contributed by atoms with Gasteiger partial charge in [-0.1, -0.05) is 6.07 Å². The number of carboxylic acids is 1. The SMILES string of the molecule is O=C(O)c1ccc2c(c1)C(=O)OC21c2cc(Br)c(O)c(Br)c2Oc2c1cc(Br)c(O)c2Br. The van der Waals surface area contributed by atoms with Crippen LogP contribution in [0.4, 0.5) is 0 Å². The Hall–Kier alpha value is -2.08. The van der Waals surface area contributed by atoms with E-state index in [1.165, 1.54) is 18.2 Å². The van der Waals surface area contributed by atoms with Gasteiger partial charge < -0.3 is 24.8 Å². The summed E-state index contributed by atoms with van der Waals surface area (Å²) in [5.74, 6) is -1.83. The summed E-state index contributed by atoms with van der Waals surface area (Å²) in [6.07, 6.45) is 0. The first kappa shape index (κ1) is 21.7. The van der Waals surface area contributed by atoms with Crippen molar-refractivity contribution < 1.29 is 34.4 Å². The molecule has 0 atom stereocenters. The van der Waals surface area contributed by atoms with Crippen molar-refractivity contribution in [1.82, 2.24) is 0 Å². The number of fused-ring (bicyclic) bond motifs is 6. The molecule has 0 radical (unpaired) electrons. The summed E-state index contributed by atoms with van der Waals surface area (Å²) in [5.41, 5.74) is -0.338. The predicted molar refractivity (Wildman–Crippen MR) is 126 cm³/mol. The van der Waals surface area contributed by atoms with Crippen LogP contribution in [0, 0.1) is 0 Å². The third-order valence-electron chi connectivity index (χ3n) is 5.37. The standard InChI is InChI=1S/C21H8Br4O7/c22-11-4-9-17(13(24)15(11)26)31-18-10(5-12(23)16(27)14(18)25)21(9)8-2-1-6(19(28)29)3-7(8)20(30)32-21/h1-5,26-27H,(H,28,29). The summed E-state index contributed by atoms with van der Waals surface area (Å²) in [6.45, 7) is 0. The molecule has 5 rings (SSSR count). The average Bonchev–Trinajstić information content (AvgIpc) is 3.05. The topological polar surface area (TPSA) is 113 Å². The van der Waals surface area contributed by atoms with Gasteiger partial charge in [0.05, 0.1) is 31.2 Å². The molecule has 3 N–H and O–H groups in total. The number of aromatic hydroxyl groups is 2. The zero-order chi connectivity index (χ0) is 23.1. The molecule has 32 heavy (non-hydrogen) atoms. The highest BCUT2D eigenvalue weighted by atomic mass is 79.9. The Kier molecular flexibility index (Phi) is 4.90. The first-order chi connectivity index (χ1) is 15.1. The maximum Gasteiger partial charge on any atom is 0.340 e. The quantitative estimate of drug-likeness (QED) is 0.253. The molecule has 2 heterocycles. The molecule has 0 aromatic heterocycles. The number of aromatic carboxylic acids is 1. The number of esters is 1. The lowest BCUT2D eigenvalue weighted by atomic mass is 9.77. The van der Waals surface area contributed by atoms with E-state index in [2.05, 4.69) is 63.7 Å². The van der Waals surface area contributed by atoms with Crippen molar-refractivity contribution in [2.24, 2.45) is 0 Å². The zero-order valence-electron chi connectivity index (χ0n) is 15.4. The van der Waals surface area contributed by atoms with Crippen LogP contribution in [0.25, 0.3) is 0 Å². The number of carboxylic acid groups (broad SMARTS) is 1. The van der Waals surface area contributed by atoms with Crippen molar-refractivity contribution in [3.05, 3.63) is 76.0 Å². The maximum absolute atomic E-state index is 13.0. The van der Waals surface area contributed by atoms with Gasteiger partial charge >= 0.3 is 11.9 Å². The van der Waals surface area contributed by atoms with E-state index in [4.69, 9.17) is 9.47 Å². The van der Waals surface area contributed by atoms with E-state index in [1.807, 2.05) is 0 Å². The molecule has 2 aliphatic rings. The number of benzene rings is 3. The van der Waals surface area contributed by atoms with Crippen molar-refractivity contribution in [2.75, 3.05) is 0 Å². The van der Waals surface area contributed by atoms with Gasteiger partial charge in [-0.25, -0.2) is 9.59 Å². The number of carbonyl (C=O) groups is 2. The van der Waals surface area contributed by atoms with Crippen LogP contribution in [0.2, 0.25) is 0 Å². The first-order valence-corrected chi connectivity index (χ1v) is 12.0. The second kappa shape index (κ2) is 7.21. The summed E-state index contributed by atoms with van der Waals surface area (Å²) >= 11 is 13.3. The lowest BCUT2D eigenvalue weighted by Gasteiger charge is -2.37. The number of phenolic OH excluding ortho intramolecular Hbond substituents is 2. The van der Waals surface area contributed by atoms with E-state index < -0.39 is 17.5 Å². The first-order valence-electron chi connectivity index (χ1n) is 8.79. The number of carbonyl (C=O) groups excluding carboxylic acids is 1. The molecule has 1 spiro atoms.